The van der Waals surface area contributed by atoms with Gasteiger partial charge in [-0.3, -0.25) is 0 Å². The van der Waals surface area contributed by atoms with E-state index < -0.39 is 8.25 Å². The number of benzene rings is 1. The second kappa shape index (κ2) is 8.39. The molecule has 0 bridgehead atoms. The number of hydrogen-bond acceptors (Lipinski definition) is 2. The van der Waals surface area contributed by atoms with Gasteiger partial charge in [0.15, 0.2) is 0 Å². The second-order valence-electron chi connectivity index (χ2n) is 2.00. The van der Waals surface area contributed by atoms with Crippen molar-refractivity contribution in [1.29, 1.82) is 0 Å². The third kappa shape index (κ3) is 6.90. The third-order valence-electron chi connectivity index (χ3n) is 1.18. The Bertz CT molecular complexity index is 242. The molecule has 1 rings (SSSR count). The fourth-order valence-electron chi connectivity index (χ4n) is 0.704. The summed E-state index contributed by atoms with van der Waals surface area (Å²) in [6, 6.07) is 9.24. The van der Waals surface area contributed by atoms with E-state index in [1.54, 1.807) is 0 Å². The molecular formula is C7H10O4PV+. The van der Waals surface area contributed by atoms with Gasteiger partial charge in [0, 0.05) is 23.1 Å². The quantitative estimate of drug-likeness (QED) is 0.801. The van der Waals surface area contributed by atoms with Crippen LogP contribution in [0.3, 0.4) is 0 Å². The topological polar surface area (TPSA) is 78.0 Å². The molecular weight excluding hydrogens is 230 g/mol. The zero-order valence-corrected chi connectivity index (χ0v) is 9.04. The third-order valence-corrected chi connectivity index (χ3v) is 1.53. The standard InChI is InChI=1S/C7H7O3P.H2O.V/c8-11(9)10-6-7-4-2-1-3-5-7;;/h1-5H,6H2;1H2;/p+1. The predicted molar refractivity (Wildman–Crippen MR) is 44.7 cm³/mol. The van der Waals surface area contributed by atoms with Crippen LogP contribution in [0.15, 0.2) is 30.3 Å². The van der Waals surface area contributed by atoms with Gasteiger partial charge in [0.2, 0.25) is 0 Å². The summed E-state index contributed by atoms with van der Waals surface area (Å²) in [5.74, 6) is 0. The van der Waals surface area contributed by atoms with Crippen LogP contribution < -0.4 is 0 Å². The summed E-state index contributed by atoms with van der Waals surface area (Å²) in [6.45, 7) is 0.187. The molecule has 13 heavy (non-hydrogen) atoms. The summed E-state index contributed by atoms with van der Waals surface area (Å²) in [4.78, 5) is 8.30. The predicted octanol–water partition coefficient (Wildman–Crippen LogP) is 1.03. The van der Waals surface area contributed by atoms with Crippen molar-refractivity contribution in [3.8, 4) is 0 Å². The Labute approximate surface area is 89.1 Å². The summed E-state index contributed by atoms with van der Waals surface area (Å²) >= 11 is 0. The van der Waals surface area contributed by atoms with Crippen molar-refractivity contribution in [2.75, 3.05) is 0 Å². The Morgan fingerprint density at radius 2 is 1.85 bits per heavy atom. The van der Waals surface area contributed by atoms with Gasteiger partial charge >= 0.3 is 8.25 Å². The average Bonchev–Trinajstić information content (AvgIpc) is 2.03. The normalized spacial score (nSPS) is 9.46. The Balaban J connectivity index is 0. The Morgan fingerprint density at radius 3 is 2.31 bits per heavy atom. The first-order chi connectivity index (χ1) is 5.29. The molecule has 0 amide bonds. The van der Waals surface area contributed by atoms with Crippen LogP contribution in [-0.4, -0.2) is 10.4 Å². The summed E-state index contributed by atoms with van der Waals surface area (Å²) in [7, 11) is -2.47. The molecule has 1 unspecified atom stereocenters. The molecule has 0 aliphatic heterocycles. The van der Waals surface area contributed by atoms with E-state index in [-0.39, 0.29) is 30.6 Å². The van der Waals surface area contributed by atoms with E-state index in [0.717, 1.165) is 5.56 Å². The van der Waals surface area contributed by atoms with Crippen molar-refractivity contribution in [2.24, 2.45) is 0 Å². The molecule has 1 radical (unpaired) electrons. The Hall–Kier alpha value is -0.216. The average molecular weight is 240 g/mol. The Kier molecular flexibility index (Phi) is 9.85. The van der Waals surface area contributed by atoms with Crippen LogP contribution in [-0.2, 0) is 34.3 Å². The van der Waals surface area contributed by atoms with Crippen molar-refractivity contribution in [3.63, 3.8) is 0 Å². The van der Waals surface area contributed by atoms with Gasteiger partial charge in [-0.1, -0.05) is 30.3 Å². The number of hydrogen-bond donors (Lipinski definition) is 1. The zero-order valence-electron chi connectivity index (χ0n) is 6.75. The van der Waals surface area contributed by atoms with Gasteiger partial charge in [0.25, 0.3) is 0 Å². The van der Waals surface area contributed by atoms with Gasteiger partial charge in [-0.2, -0.15) is 0 Å². The van der Waals surface area contributed by atoms with Crippen molar-refractivity contribution >= 4 is 8.25 Å². The first kappa shape index (κ1) is 15.3. The van der Waals surface area contributed by atoms with Gasteiger partial charge in [0.1, 0.15) is 6.61 Å². The van der Waals surface area contributed by atoms with Crippen LogP contribution in [0.25, 0.3) is 0 Å². The molecule has 0 aliphatic rings. The number of rotatable bonds is 3. The summed E-state index contributed by atoms with van der Waals surface area (Å²) in [5.41, 5.74) is 0.893. The molecule has 0 spiro atoms. The minimum atomic E-state index is -2.47. The minimum Gasteiger partial charge on any atom is -0.412 e. The first-order valence-corrected chi connectivity index (χ1v) is 4.25. The van der Waals surface area contributed by atoms with Crippen LogP contribution in [0.1, 0.15) is 5.56 Å². The van der Waals surface area contributed by atoms with E-state index in [1.807, 2.05) is 30.3 Å². The van der Waals surface area contributed by atoms with E-state index in [2.05, 4.69) is 4.52 Å². The van der Waals surface area contributed by atoms with Crippen molar-refractivity contribution in [3.05, 3.63) is 35.9 Å². The van der Waals surface area contributed by atoms with Crippen molar-refractivity contribution in [1.82, 2.24) is 0 Å². The van der Waals surface area contributed by atoms with E-state index in [1.165, 1.54) is 0 Å². The summed E-state index contributed by atoms with van der Waals surface area (Å²) in [5, 5.41) is 0. The van der Waals surface area contributed by atoms with Gasteiger partial charge < -0.3 is 5.48 Å². The van der Waals surface area contributed by atoms with Crippen LogP contribution in [0.2, 0.25) is 0 Å². The fourth-order valence-corrected chi connectivity index (χ4v) is 0.964. The maximum absolute atomic E-state index is 10.1. The molecule has 0 aliphatic carbocycles. The minimum absolute atomic E-state index is 0. The van der Waals surface area contributed by atoms with E-state index >= 15 is 0 Å². The molecule has 71 valence electrons. The SMILES string of the molecule is O.O=[P+](O)OCc1ccccc1.[V]. The van der Waals surface area contributed by atoms with Crippen LogP contribution >= 0.6 is 8.25 Å². The van der Waals surface area contributed by atoms with Crippen molar-refractivity contribution < 1.29 is 38.0 Å². The molecule has 0 saturated heterocycles. The summed E-state index contributed by atoms with van der Waals surface area (Å²) < 4.78 is 14.6. The maximum Gasteiger partial charge on any atom is 0.695 e. The fraction of sp³-hybridized carbons (Fsp3) is 0.143. The second-order valence-corrected chi connectivity index (χ2v) is 2.73. The molecule has 0 aromatic heterocycles. The van der Waals surface area contributed by atoms with E-state index in [9.17, 15) is 4.57 Å². The van der Waals surface area contributed by atoms with E-state index in [0.29, 0.717) is 0 Å². The van der Waals surface area contributed by atoms with E-state index in [4.69, 9.17) is 4.89 Å². The largest absolute Gasteiger partial charge is 0.695 e. The van der Waals surface area contributed by atoms with Gasteiger partial charge in [0.05, 0.1) is 0 Å². The molecule has 1 aromatic carbocycles. The zero-order chi connectivity index (χ0) is 8.10. The van der Waals surface area contributed by atoms with Crippen LogP contribution in [0, 0.1) is 0 Å². The molecule has 1 aromatic rings. The monoisotopic (exact) mass is 240 g/mol. The van der Waals surface area contributed by atoms with Crippen LogP contribution in [0.5, 0.6) is 0 Å². The van der Waals surface area contributed by atoms with Crippen LogP contribution in [0.4, 0.5) is 0 Å². The molecule has 6 heteroatoms. The van der Waals surface area contributed by atoms with Gasteiger partial charge in [-0.15, -0.1) is 9.42 Å². The Morgan fingerprint density at radius 1 is 1.31 bits per heavy atom. The van der Waals surface area contributed by atoms with Gasteiger partial charge in [-0.25, -0.2) is 0 Å². The molecule has 4 nitrogen and oxygen atoms in total. The summed E-state index contributed by atoms with van der Waals surface area (Å²) in [6.07, 6.45) is 0. The molecule has 3 N–H and O–H groups in total. The molecule has 1 atom stereocenters. The first-order valence-electron chi connectivity index (χ1n) is 3.12. The molecule has 0 heterocycles. The maximum atomic E-state index is 10.1. The van der Waals surface area contributed by atoms with Gasteiger partial charge in [-0.05, 0) is 5.56 Å². The molecule has 0 saturated carbocycles. The molecule has 0 fully saturated rings. The smallest absolute Gasteiger partial charge is 0.412 e. The van der Waals surface area contributed by atoms with Crippen molar-refractivity contribution in [2.45, 2.75) is 6.61 Å².